The lowest BCUT2D eigenvalue weighted by molar-refractivity contribution is -1.09. The average molecular weight is 160 g/mol. The zero-order chi connectivity index (χ0) is 8.53. The van der Waals surface area contributed by atoms with Crippen LogP contribution in [0.5, 0.6) is 0 Å². The number of hydroxylamine groups is 2. The van der Waals surface area contributed by atoms with Gasteiger partial charge in [0.15, 0.2) is 0 Å². The zero-order valence-electron chi connectivity index (χ0n) is 8.15. The molecule has 0 saturated heterocycles. The van der Waals surface area contributed by atoms with Crippen LogP contribution in [0.3, 0.4) is 0 Å². The van der Waals surface area contributed by atoms with Gasteiger partial charge in [-0.1, -0.05) is 26.7 Å². The van der Waals surface area contributed by atoms with Gasteiger partial charge in [-0.05, 0) is 12.8 Å². The van der Waals surface area contributed by atoms with E-state index in [1.54, 1.807) is 7.11 Å². The summed E-state index contributed by atoms with van der Waals surface area (Å²) in [7, 11) is 1.79. The van der Waals surface area contributed by atoms with Crippen molar-refractivity contribution in [3.05, 3.63) is 0 Å². The van der Waals surface area contributed by atoms with Crippen molar-refractivity contribution in [1.82, 2.24) is 0 Å². The van der Waals surface area contributed by atoms with E-state index in [-0.39, 0.29) is 0 Å². The third-order valence-electron chi connectivity index (χ3n) is 1.91. The van der Waals surface area contributed by atoms with Gasteiger partial charge in [0.1, 0.15) is 13.1 Å². The standard InChI is InChI=1S/C9H21NO/c1-4-6-8-10(11-3)9-7-5-2/h4-9H2,1-3H3/p+1. The second-order valence-electron chi connectivity index (χ2n) is 2.95. The molecule has 1 N–H and O–H groups in total. The van der Waals surface area contributed by atoms with Crippen molar-refractivity contribution < 1.29 is 9.90 Å². The Balaban J connectivity index is 3.25. The first-order chi connectivity index (χ1) is 5.35. The molecule has 0 atom stereocenters. The molecule has 2 nitrogen and oxygen atoms in total. The maximum Gasteiger partial charge on any atom is 0.107 e. The van der Waals surface area contributed by atoms with Crippen molar-refractivity contribution in [2.24, 2.45) is 0 Å². The van der Waals surface area contributed by atoms with Gasteiger partial charge in [0, 0.05) is 0 Å². The van der Waals surface area contributed by atoms with Crippen LogP contribution in [0, 0.1) is 0 Å². The maximum absolute atomic E-state index is 5.27. The summed E-state index contributed by atoms with van der Waals surface area (Å²) < 4.78 is 0. The molecule has 0 bridgehead atoms. The lowest BCUT2D eigenvalue weighted by atomic mass is 10.3. The number of quaternary nitrogens is 1. The Morgan fingerprint density at radius 1 is 1.00 bits per heavy atom. The summed E-state index contributed by atoms with van der Waals surface area (Å²) in [6.07, 6.45) is 5.07. The van der Waals surface area contributed by atoms with Gasteiger partial charge >= 0.3 is 0 Å². The van der Waals surface area contributed by atoms with Crippen molar-refractivity contribution in [1.29, 1.82) is 0 Å². The highest BCUT2D eigenvalue weighted by Crippen LogP contribution is 1.82. The first kappa shape index (κ1) is 10.9. The van der Waals surface area contributed by atoms with Crippen LogP contribution in [0.1, 0.15) is 39.5 Å². The molecule has 0 spiro atoms. The molecule has 11 heavy (non-hydrogen) atoms. The predicted octanol–water partition coefficient (Wildman–Crippen LogP) is 1.03. The summed E-state index contributed by atoms with van der Waals surface area (Å²) in [6, 6.07) is 0. The molecule has 0 heterocycles. The smallest absolute Gasteiger partial charge is 0.107 e. The first-order valence-corrected chi connectivity index (χ1v) is 4.73. The number of hydrogen-bond donors (Lipinski definition) is 1. The Morgan fingerprint density at radius 2 is 1.45 bits per heavy atom. The third kappa shape index (κ3) is 6.32. The summed E-state index contributed by atoms with van der Waals surface area (Å²) in [5, 5.41) is 1.29. The van der Waals surface area contributed by atoms with Crippen LogP contribution < -0.4 is 5.06 Å². The highest BCUT2D eigenvalue weighted by atomic mass is 16.7. The minimum Gasteiger partial charge on any atom is -0.208 e. The van der Waals surface area contributed by atoms with E-state index < -0.39 is 0 Å². The van der Waals surface area contributed by atoms with E-state index in [1.165, 1.54) is 30.7 Å². The monoisotopic (exact) mass is 160 g/mol. The molecule has 0 aromatic heterocycles. The molecule has 0 aromatic carbocycles. The van der Waals surface area contributed by atoms with Crippen molar-refractivity contribution in [3.63, 3.8) is 0 Å². The molecule has 2 heteroatoms. The molecule has 0 rings (SSSR count). The Bertz CT molecular complexity index is 68.0. The number of nitrogens with one attached hydrogen (secondary N) is 1. The highest BCUT2D eigenvalue weighted by Gasteiger charge is 2.04. The minimum absolute atomic E-state index is 1.16. The molecule has 0 unspecified atom stereocenters. The Kier molecular flexibility index (Phi) is 7.96. The molecular formula is C9H22NO+. The fourth-order valence-electron chi connectivity index (χ4n) is 1.08. The van der Waals surface area contributed by atoms with Crippen LogP contribution in [-0.4, -0.2) is 20.2 Å². The second kappa shape index (κ2) is 8.02. The molecule has 0 fully saturated rings. The molecule has 68 valence electrons. The van der Waals surface area contributed by atoms with Crippen molar-refractivity contribution >= 4 is 0 Å². The third-order valence-corrected chi connectivity index (χ3v) is 1.91. The van der Waals surface area contributed by atoms with Crippen LogP contribution in [0.25, 0.3) is 0 Å². The molecule has 0 aliphatic rings. The van der Waals surface area contributed by atoms with Crippen molar-refractivity contribution in [3.8, 4) is 0 Å². The van der Waals surface area contributed by atoms with E-state index in [4.69, 9.17) is 4.84 Å². The predicted molar refractivity (Wildman–Crippen MR) is 47.5 cm³/mol. The largest absolute Gasteiger partial charge is 0.208 e. The second-order valence-corrected chi connectivity index (χ2v) is 2.95. The van der Waals surface area contributed by atoms with Crippen LogP contribution in [0.15, 0.2) is 0 Å². The lowest BCUT2D eigenvalue weighted by Gasteiger charge is -2.13. The molecule has 0 amide bonds. The summed E-state index contributed by atoms with van der Waals surface area (Å²) in [5.74, 6) is 0. The lowest BCUT2D eigenvalue weighted by Crippen LogP contribution is -3.10. The molecular weight excluding hydrogens is 138 g/mol. The van der Waals surface area contributed by atoms with E-state index in [0.717, 1.165) is 13.1 Å². The quantitative estimate of drug-likeness (QED) is 0.549. The van der Waals surface area contributed by atoms with E-state index in [1.807, 2.05) is 0 Å². The fraction of sp³-hybridized carbons (Fsp3) is 1.00. The topological polar surface area (TPSA) is 13.7 Å². The summed E-state index contributed by atoms with van der Waals surface area (Å²) in [6.45, 7) is 6.75. The number of rotatable bonds is 7. The Morgan fingerprint density at radius 3 is 1.73 bits per heavy atom. The minimum atomic E-state index is 1.16. The van der Waals surface area contributed by atoms with E-state index in [9.17, 15) is 0 Å². The van der Waals surface area contributed by atoms with Gasteiger partial charge < -0.3 is 0 Å². The van der Waals surface area contributed by atoms with Crippen molar-refractivity contribution in [2.45, 2.75) is 39.5 Å². The molecule has 0 aliphatic carbocycles. The summed E-state index contributed by atoms with van der Waals surface area (Å²) in [4.78, 5) is 5.27. The van der Waals surface area contributed by atoms with E-state index in [0.29, 0.717) is 0 Å². The van der Waals surface area contributed by atoms with Gasteiger partial charge in [0.25, 0.3) is 0 Å². The fourth-order valence-corrected chi connectivity index (χ4v) is 1.08. The summed E-state index contributed by atoms with van der Waals surface area (Å²) >= 11 is 0. The first-order valence-electron chi connectivity index (χ1n) is 4.73. The molecule has 0 radical (unpaired) electrons. The van der Waals surface area contributed by atoms with Gasteiger partial charge in [0.05, 0.1) is 7.11 Å². The maximum atomic E-state index is 5.27. The van der Waals surface area contributed by atoms with Crippen LogP contribution in [0.2, 0.25) is 0 Å². The van der Waals surface area contributed by atoms with Gasteiger partial charge in [-0.3, -0.25) is 0 Å². The van der Waals surface area contributed by atoms with Gasteiger partial charge in [-0.25, -0.2) is 4.84 Å². The number of hydrogen-bond acceptors (Lipinski definition) is 1. The van der Waals surface area contributed by atoms with Crippen LogP contribution in [0.4, 0.5) is 0 Å². The zero-order valence-corrected chi connectivity index (χ0v) is 8.15. The highest BCUT2D eigenvalue weighted by molar-refractivity contribution is 4.30. The van der Waals surface area contributed by atoms with E-state index >= 15 is 0 Å². The Labute approximate surface area is 70.5 Å². The van der Waals surface area contributed by atoms with Gasteiger partial charge in [0.2, 0.25) is 0 Å². The van der Waals surface area contributed by atoms with Gasteiger partial charge in [-0.15, -0.1) is 0 Å². The Hall–Kier alpha value is -0.0800. The normalized spacial score (nSPS) is 10.9. The van der Waals surface area contributed by atoms with Crippen LogP contribution in [-0.2, 0) is 4.84 Å². The van der Waals surface area contributed by atoms with Crippen molar-refractivity contribution in [2.75, 3.05) is 20.2 Å². The van der Waals surface area contributed by atoms with E-state index in [2.05, 4.69) is 13.8 Å². The molecule has 0 aromatic rings. The average Bonchev–Trinajstić information content (AvgIpc) is 2.05. The summed E-state index contributed by atoms with van der Waals surface area (Å²) in [5.41, 5.74) is 0. The SMILES string of the molecule is CCCC[NH+](CCCC)OC. The van der Waals surface area contributed by atoms with Crippen LogP contribution >= 0.6 is 0 Å². The number of unbranched alkanes of at least 4 members (excludes halogenated alkanes) is 2. The molecule has 0 saturated carbocycles. The molecule has 0 aliphatic heterocycles. The van der Waals surface area contributed by atoms with Gasteiger partial charge in [-0.2, -0.15) is 5.06 Å².